The van der Waals surface area contributed by atoms with Crippen LogP contribution in [-0.2, 0) is 4.79 Å². The van der Waals surface area contributed by atoms with Crippen LogP contribution in [0.25, 0.3) is 0 Å². The highest BCUT2D eigenvalue weighted by molar-refractivity contribution is 5.80. The fraction of sp³-hybridized carbons (Fsp3) is 0.769. The summed E-state index contributed by atoms with van der Waals surface area (Å²) in [7, 11) is 0. The van der Waals surface area contributed by atoms with E-state index in [1.807, 2.05) is 11.8 Å². The fourth-order valence-corrected chi connectivity index (χ4v) is 2.74. The van der Waals surface area contributed by atoms with Gasteiger partial charge < -0.3 is 10.0 Å². The number of amides is 1. The Morgan fingerprint density at radius 1 is 1.47 bits per heavy atom. The van der Waals surface area contributed by atoms with Crippen LogP contribution in [-0.4, -0.2) is 49.9 Å². The minimum absolute atomic E-state index is 0.00627. The second-order valence-corrected chi connectivity index (χ2v) is 5.10. The number of aromatic nitrogens is 3. The molecule has 6 nitrogen and oxygen atoms in total. The molecule has 1 amide bonds. The molecule has 0 radical (unpaired) electrons. The van der Waals surface area contributed by atoms with Gasteiger partial charge >= 0.3 is 0 Å². The van der Waals surface area contributed by atoms with Crippen LogP contribution in [0.5, 0.6) is 0 Å². The van der Waals surface area contributed by atoms with Crippen LogP contribution in [0, 0.1) is 0 Å². The third kappa shape index (κ3) is 3.32. The van der Waals surface area contributed by atoms with Gasteiger partial charge in [-0.05, 0) is 19.8 Å². The van der Waals surface area contributed by atoms with E-state index >= 15 is 0 Å². The predicted molar refractivity (Wildman–Crippen MR) is 70.4 cm³/mol. The Kier molecular flexibility index (Phi) is 4.90. The second-order valence-electron chi connectivity index (χ2n) is 5.10. The predicted octanol–water partition coefficient (Wildman–Crippen LogP) is 0.993. The molecule has 1 fully saturated rings. The number of aliphatic hydroxyl groups is 1. The number of carbonyl (C=O) groups is 1. The summed E-state index contributed by atoms with van der Waals surface area (Å²) in [4.78, 5) is 18.3. The monoisotopic (exact) mass is 266 g/mol. The summed E-state index contributed by atoms with van der Waals surface area (Å²) in [5.74, 6) is 0.0199. The van der Waals surface area contributed by atoms with E-state index in [0.29, 0.717) is 6.54 Å². The lowest BCUT2D eigenvalue weighted by Crippen LogP contribution is -2.46. The topological polar surface area (TPSA) is 71.2 Å². The van der Waals surface area contributed by atoms with Crippen LogP contribution in [0.4, 0.5) is 0 Å². The van der Waals surface area contributed by atoms with Gasteiger partial charge in [0.25, 0.3) is 0 Å². The molecular formula is C13H22N4O2. The first kappa shape index (κ1) is 14.0. The SMILES string of the molecule is CC(C(=O)N(CCO)C1CCCCC1)n1cncn1. The highest BCUT2D eigenvalue weighted by Gasteiger charge is 2.29. The third-order valence-electron chi connectivity index (χ3n) is 3.83. The first-order valence-electron chi connectivity index (χ1n) is 6.99. The second kappa shape index (κ2) is 6.65. The number of hydrogen-bond donors (Lipinski definition) is 1. The van der Waals surface area contributed by atoms with Crippen molar-refractivity contribution in [2.24, 2.45) is 0 Å². The summed E-state index contributed by atoms with van der Waals surface area (Å²) in [6.07, 6.45) is 8.64. The van der Waals surface area contributed by atoms with Crippen molar-refractivity contribution < 1.29 is 9.90 Å². The zero-order valence-electron chi connectivity index (χ0n) is 11.4. The molecule has 1 heterocycles. The molecule has 1 aliphatic rings. The lowest BCUT2D eigenvalue weighted by Gasteiger charge is -2.35. The Hall–Kier alpha value is -1.43. The van der Waals surface area contributed by atoms with Gasteiger partial charge in [0.2, 0.25) is 5.91 Å². The quantitative estimate of drug-likeness (QED) is 0.863. The van der Waals surface area contributed by atoms with Gasteiger partial charge in [-0.1, -0.05) is 19.3 Å². The normalized spacial score (nSPS) is 18.2. The lowest BCUT2D eigenvalue weighted by molar-refractivity contribution is -0.138. The molecular weight excluding hydrogens is 244 g/mol. The molecule has 1 aromatic heterocycles. The van der Waals surface area contributed by atoms with Crippen molar-refractivity contribution in [3.63, 3.8) is 0 Å². The summed E-state index contributed by atoms with van der Waals surface area (Å²) in [6, 6.07) is -0.102. The standard InChI is InChI=1S/C13H22N4O2/c1-11(17-10-14-9-15-17)13(19)16(7-8-18)12-5-3-2-4-6-12/h9-12,18H,2-8H2,1H3. The van der Waals surface area contributed by atoms with Crippen LogP contribution in [0.1, 0.15) is 45.1 Å². The molecule has 106 valence electrons. The summed E-state index contributed by atoms with van der Waals surface area (Å²) >= 11 is 0. The molecule has 1 atom stereocenters. The number of rotatable bonds is 5. The Bertz CT molecular complexity index is 387. The summed E-state index contributed by atoms with van der Waals surface area (Å²) in [5, 5.41) is 13.2. The minimum atomic E-state index is -0.365. The molecule has 0 aromatic carbocycles. The van der Waals surface area contributed by atoms with Crippen LogP contribution >= 0.6 is 0 Å². The fourth-order valence-electron chi connectivity index (χ4n) is 2.74. The van der Waals surface area contributed by atoms with Gasteiger partial charge in [-0.2, -0.15) is 5.10 Å². The van der Waals surface area contributed by atoms with E-state index in [1.54, 1.807) is 11.0 Å². The first-order chi connectivity index (χ1) is 9.24. The van der Waals surface area contributed by atoms with Crippen LogP contribution in [0.2, 0.25) is 0 Å². The van der Waals surface area contributed by atoms with E-state index in [1.165, 1.54) is 12.7 Å². The Morgan fingerprint density at radius 2 is 2.21 bits per heavy atom. The Balaban J connectivity index is 2.06. The van der Waals surface area contributed by atoms with E-state index < -0.39 is 0 Å². The molecule has 1 saturated carbocycles. The molecule has 1 aromatic rings. The number of carbonyl (C=O) groups excluding carboxylic acids is 1. The van der Waals surface area contributed by atoms with Crippen LogP contribution < -0.4 is 0 Å². The van der Waals surface area contributed by atoms with E-state index in [9.17, 15) is 9.90 Å². The van der Waals surface area contributed by atoms with Gasteiger partial charge in [0.1, 0.15) is 18.7 Å². The van der Waals surface area contributed by atoms with Crippen molar-refractivity contribution in [1.82, 2.24) is 19.7 Å². The molecule has 1 aliphatic carbocycles. The van der Waals surface area contributed by atoms with Crippen molar-refractivity contribution in [1.29, 1.82) is 0 Å². The van der Waals surface area contributed by atoms with Crippen molar-refractivity contribution in [2.75, 3.05) is 13.2 Å². The van der Waals surface area contributed by atoms with Crippen molar-refractivity contribution in [3.05, 3.63) is 12.7 Å². The molecule has 1 N–H and O–H groups in total. The zero-order chi connectivity index (χ0) is 13.7. The minimum Gasteiger partial charge on any atom is -0.395 e. The zero-order valence-corrected chi connectivity index (χ0v) is 11.4. The summed E-state index contributed by atoms with van der Waals surface area (Å²) in [5.41, 5.74) is 0. The van der Waals surface area contributed by atoms with Crippen LogP contribution in [0.15, 0.2) is 12.7 Å². The third-order valence-corrected chi connectivity index (χ3v) is 3.83. The van der Waals surface area contributed by atoms with Gasteiger partial charge in [0, 0.05) is 12.6 Å². The number of nitrogens with zero attached hydrogens (tertiary/aromatic N) is 4. The van der Waals surface area contributed by atoms with E-state index in [4.69, 9.17) is 0 Å². The molecule has 0 saturated heterocycles. The Labute approximate surface area is 113 Å². The molecule has 0 aliphatic heterocycles. The number of aliphatic hydroxyl groups excluding tert-OH is 1. The molecule has 0 bridgehead atoms. The van der Waals surface area contributed by atoms with Gasteiger partial charge in [-0.15, -0.1) is 0 Å². The molecule has 1 unspecified atom stereocenters. The summed E-state index contributed by atoms with van der Waals surface area (Å²) < 4.78 is 1.57. The largest absolute Gasteiger partial charge is 0.395 e. The molecule has 0 spiro atoms. The van der Waals surface area contributed by atoms with Crippen molar-refractivity contribution in [3.8, 4) is 0 Å². The number of hydrogen-bond acceptors (Lipinski definition) is 4. The summed E-state index contributed by atoms with van der Waals surface area (Å²) in [6.45, 7) is 2.24. The molecule has 2 rings (SSSR count). The molecule has 19 heavy (non-hydrogen) atoms. The van der Waals surface area contributed by atoms with Gasteiger partial charge in [0.15, 0.2) is 0 Å². The van der Waals surface area contributed by atoms with Crippen molar-refractivity contribution in [2.45, 2.75) is 51.1 Å². The van der Waals surface area contributed by atoms with E-state index in [-0.39, 0.29) is 24.6 Å². The Morgan fingerprint density at radius 3 is 2.79 bits per heavy atom. The highest BCUT2D eigenvalue weighted by Crippen LogP contribution is 2.24. The lowest BCUT2D eigenvalue weighted by atomic mass is 9.94. The maximum absolute atomic E-state index is 12.6. The van der Waals surface area contributed by atoms with E-state index in [2.05, 4.69) is 10.1 Å². The highest BCUT2D eigenvalue weighted by atomic mass is 16.3. The van der Waals surface area contributed by atoms with Gasteiger partial charge in [-0.25, -0.2) is 9.67 Å². The first-order valence-corrected chi connectivity index (χ1v) is 6.99. The maximum Gasteiger partial charge on any atom is 0.247 e. The maximum atomic E-state index is 12.6. The average molecular weight is 266 g/mol. The smallest absolute Gasteiger partial charge is 0.247 e. The van der Waals surface area contributed by atoms with Gasteiger partial charge in [0.05, 0.1) is 6.61 Å². The molecule has 6 heteroatoms. The van der Waals surface area contributed by atoms with Crippen molar-refractivity contribution >= 4 is 5.91 Å². The van der Waals surface area contributed by atoms with Gasteiger partial charge in [-0.3, -0.25) is 4.79 Å². The van der Waals surface area contributed by atoms with E-state index in [0.717, 1.165) is 25.7 Å². The van der Waals surface area contributed by atoms with Crippen LogP contribution in [0.3, 0.4) is 0 Å². The average Bonchev–Trinajstić information content (AvgIpc) is 2.98.